The summed E-state index contributed by atoms with van der Waals surface area (Å²) in [6, 6.07) is 8.14. The number of amides is 1. The van der Waals surface area contributed by atoms with E-state index in [4.69, 9.17) is 0 Å². The second-order valence-electron chi connectivity index (χ2n) is 4.86. The lowest BCUT2D eigenvalue weighted by Crippen LogP contribution is -2.49. The minimum atomic E-state index is -1.62. The van der Waals surface area contributed by atoms with E-state index < -0.39 is 8.24 Å². The predicted octanol–water partition coefficient (Wildman–Crippen LogP) is 3.18. The molecule has 0 unspecified atom stereocenters. The van der Waals surface area contributed by atoms with Crippen LogP contribution in [-0.4, -0.2) is 14.1 Å². The molecule has 0 atom stereocenters. The number of carbonyl (C=O) groups excluding carboxylic acids is 1. The summed E-state index contributed by atoms with van der Waals surface area (Å²) in [7, 11) is -1.62. The summed E-state index contributed by atoms with van der Waals surface area (Å²) in [5.74, 6) is 0.137. The first-order valence-electron chi connectivity index (χ1n) is 5.20. The molecular formula is C12H19NOSi. The van der Waals surface area contributed by atoms with Gasteiger partial charge < -0.3 is 4.57 Å². The van der Waals surface area contributed by atoms with Gasteiger partial charge in [0.15, 0.2) is 8.24 Å². The fraction of sp³-hybridized carbons (Fsp3) is 0.417. The highest BCUT2D eigenvalue weighted by Crippen LogP contribution is 2.22. The third-order valence-corrected chi connectivity index (χ3v) is 4.19. The molecule has 82 valence electrons. The zero-order valence-electron chi connectivity index (χ0n) is 10.2. The molecule has 1 aromatic rings. The summed E-state index contributed by atoms with van der Waals surface area (Å²) in [5.41, 5.74) is 2.24. The van der Waals surface area contributed by atoms with E-state index in [2.05, 4.69) is 26.6 Å². The Labute approximate surface area is 93.0 Å². The Morgan fingerprint density at radius 1 is 1.13 bits per heavy atom. The van der Waals surface area contributed by atoms with Crippen LogP contribution >= 0.6 is 0 Å². The average molecular weight is 221 g/mol. The molecule has 0 radical (unpaired) electrons. The van der Waals surface area contributed by atoms with Gasteiger partial charge in [0, 0.05) is 12.6 Å². The molecule has 0 heterocycles. The van der Waals surface area contributed by atoms with E-state index in [1.165, 1.54) is 5.56 Å². The molecule has 0 aromatic heterocycles. The quantitative estimate of drug-likeness (QED) is 0.702. The number of hydrogen-bond donors (Lipinski definition) is 0. The van der Waals surface area contributed by atoms with E-state index in [-0.39, 0.29) is 5.91 Å². The van der Waals surface area contributed by atoms with Crippen molar-refractivity contribution in [1.29, 1.82) is 0 Å². The first-order chi connectivity index (χ1) is 6.82. The summed E-state index contributed by atoms with van der Waals surface area (Å²) in [5, 5.41) is 0. The first kappa shape index (κ1) is 12.0. The first-order valence-corrected chi connectivity index (χ1v) is 8.64. The van der Waals surface area contributed by atoms with Crippen LogP contribution in [0.3, 0.4) is 0 Å². The highest BCUT2D eigenvalue weighted by Gasteiger charge is 2.27. The molecule has 0 fully saturated rings. The van der Waals surface area contributed by atoms with Crippen LogP contribution in [0.4, 0.5) is 5.69 Å². The van der Waals surface area contributed by atoms with E-state index in [1.807, 2.05) is 28.8 Å². The molecule has 0 aliphatic carbocycles. The maximum absolute atomic E-state index is 11.6. The van der Waals surface area contributed by atoms with Crippen molar-refractivity contribution in [3.63, 3.8) is 0 Å². The Morgan fingerprint density at radius 2 is 1.60 bits per heavy atom. The van der Waals surface area contributed by atoms with Crippen molar-refractivity contribution in [2.75, 3.05) is 4.57 Å². The molecule has 1 rings (SSSR count). The Bertz CT molecular complexity index is 351. The lowest BCUT2D eigenvalue weighted by Gasteiger charge is -2.33. The van der Waals surface area contributed by atoms with Gasteiger partial charge in [-0.05, 0) is 19.1 Å². The van der Waals surface area contributed by atoms with E-state index in [0.717, 1.165) is 5.69 Å². The topological polar surface area (TPSA) is 20.3 Å². The molecule has 1 aromatic carbocycles. The third kappa shape index (κ3) is 2.93. The van der Waals surface area contributed by atoms with Gasteiger partial charge >= 0.3 is 0 Å². The van der Waals surface area contributed by atoms with Crippen molar-refractivity contribution >= 4 is 19.8 Å². The number of benzene rings is 1. The maximum atomic E-state index is 11.6. The minimum Gasteiger partial charge on any atom is -0.341 e. The number of aryl methyl sites for hydroxylation is 1. The summed E-state index contributed by atoms with van der Waals surface area (Å²) in [6.45, 7) is 10.2. The Morgan fingerprint density at radius 3 is 1.93 bits per heavy atom. The number of hydrogen-bond acceptors (Lipinski definition) is 1. The molecule has 0 spiro atoms. The van der Waals surface area contributed by atoms with Gasteiger partial charge in [0.1, 0.15) is 0 Å². The highest BCUT2D eigenvalue weighted by molar-refractivity contribution is 6.83. The largest absolute Gasteiger partial charge is 0.341 e. The van der Waals surface area contributed by atoms with Crippen LogP contribution in [-0.2, 0) is 4.79 Å². The molecule has 0 aliphatic rings. The second kappa shape index (κ2) is 4.19. The summed E-state index contributed by atoms with van der Waals surface area (Å²) in [4.78, 5) is 11.6. The third-order valence-electron chi connectivity index (χ3n) is 2.28. The van der Waals surface area contributed by atoms with Gasteiger partial charge in [-0.3, -0.25) is 4.79 Å². The van der Waals surface area contributed by atoms with Gasteiger partial charge in [-0.1, -0.05) is 37.3 Å². The summed E-state index contributed by atoms with van der Waals surface area (Å²) in [6.07, 6.45) is 0. The van der Waals surface area contributed by atoms with Gasteiger partial charge in [0.25, 0.3) is 0 Å². The molecular weight excluding hydrogens is 202 g/mol. The number of nitrogens with zero attached hydrogens (tertiary/aromatic N) is 1. The summed E-state index contributed by atoms with van der Waals surface area (Å²) >= 11 is 0. The molecule has 0 bridgehead atoms. The highest BCUT2D eigenvalue weighted by atomic mass is 28.3. The molecule has 0 aliphatic heterocycles. The zero-order chi connectivity index (χ0) is 11.6. The van der Waals surface area contributed by atoms with Crippen LogP contribution in [0.1, 0.15) is 12.5 Å². The van der Waals surface area contributed by atoms with Crippen molar-refractivity contribution in [1.82, 2.24) is 0 Å². The van der Waals surface area contributed by atoms with Crippen molar-refractivity contribution in [2.24, 2.45) is 0 Å². The Balaban J connectivity index is 3.11. The van der Waals surface area contributed by atoms with Crippen LogP contribution in [0.25, 0.3) is 0 Å². The molecule has 0 saturated carbocycles. The van der Waals surface area contributed by atoms with E-state index >= 15 is 0 Å². The maximum Gasteiger partial charge on any atom is 0.215 e. The standard InChI is InChI=1S/C12H19NOSi/c1-10-6-8-12(9-7-10)13(11(2)14)15(3,4)5/h6-9H,1-5H3. The number of carbonyl (C=O) groups is 1. The fourth-order valence-corrected chi connectivity index (χ4v) is 3.60. The number of rotatable bonds is 2. The van der Waals surface area contributed by atoms with E-state index in [1.54, 1.807) is 6.92 Å². The van der Waals surface area contributed by atoms with Crippen molar-refractivity contribution in [3.8, 4) is 0 Å². The monoisotopic (exact) mass is 221 g/mol. The van der Waals surface area contributed by atoms with Crippen LogP contribution in [0, 0.1) is 6.92 Å². The predicted molar refractivity (Wildman–Crippen MR) is 67.7 cm³/mol. The van der Waals surface area contributed by atoms with Gasteiger partial charge in [-0.25, -0.2) is 0 Å². The fourth-order valence-electron chi connectivity index (χ4n) is 1.74. The lowest BCUT2D eigenvalue weighted by atomic mass is 10.2. The normalized spacial score (nSPS) is 11.3. The molecule has 1 amide bonds. The molecule has 2 nitrogen and oxygen atoms in total. The van der Waals surface area contributed by atoms with Crippen molar-refractivity contribution < 1.29 is 4.79 Å². The molecule has 3 heteroatoms. The molecule has 0 N–H and O–H groups in total. The van der Waals surface area contributed by atoms with E-state index in [9.17, 15) is 4.79 Å². The van der Waals surface area contributed by atoms with Gasteiger partial charge in [-0.2, -0.15) is 0 Å². The Hall–Kier alpha value is -1.09. The van der Waals surface area contributed by atoms with E-state index in [0.29, 0.717) is 0 Å². The number of anilines is 1. The smallest absolute Gasteiger partial charge is 0.215 e. The summed E-state index contributed by atoms with van der Waals surface area (Å²) < 4.78 is 1.95. The Kier molecular flexibility index (Phi) is 3.34. The molecule has 15 heavy (non-hydrogen) atoms. The van der Waals surface area contributed by atoms with Crippen LogP contribution in [0.2, 0.25) is 19.6 Å². The van der Waals surface area contributed by atoms with Crippen molar-refractivity contribution in [2.45, 2.75) is 33.5 Å². The van der Waals surface area contributed by atoms with Crippen LogP contribution < -0.4 is 4.57 Å². The second-order valence-corrected chi connectivity index (χ2v) is 9.65. The van der Waals surface area contributed by atoms with Crippen LogP contribution in [0.5, 0.6) is 0 Å². The zero-order valence-corrected chi connectivity index (χ0v) is 11.2. The average Bonchev–Trinajstić information content (AvgIpc) is 2.05. The molecule has 0 saturated heterocycles. The minimum absolute atomic E-state index is 0.137. The lowest BCUT2D eigenvalue weighted by molar-refractivity contribution is -0.115. The van der Waals surface area contributed by atoms with Crippen molar-refractivity contribution in [3.05, 3.63) is 29.8 Å². The van der Waals surface area contributed by atoms with Gasteiger partial charge in [0.05, 0.1) is 0 Å². The van der Waals surface area contributed by atoms with Gasteiger partial charge in [-0.15, -0.1) is 0 Å². The van der Waals surface area contributed by atoms with Crippen LogP contribution in [0.15, 0.2) is 24.3 Å². The SMILES string of the molecule is CC(=O)N(c1ccc(C)cc1)[Si](C)(C)C. The van der Waals surface area contributed by atoms with Gasteiger partial charge in [0.2, 0.25) is 5.91 Å².